The first-order valence-electron chi connectivity index (χ1n) is 7.14. The first-order chi connectivity index (χ1) is 10.1. The number of alkyl halides is 1. The van der Waals surface area contributed by atoms with Crippen LogP contribution in [-0.4, -0.2) is 28.1 Å². The zero-order valence-electron chi connectivity index (χ0n) is 11.8. The molecule has 0 saturated carbocycles. The molecule has 2 unspecified atom stereocenters. The molecule has 0 radical (unpaired) electrons. The van der Waals surface area contributed by atoms with Gasteiger partial charge in [-0.2, -0.15) is 0 Å². The van der Waals surface area contributed by atoms with Crippen LogP contribution in [0.5, 0.6) is 0 Å². The Labute approximate surface area is 126 Å². The summed E-state index contributed by atoms with van der Waals surface area (Å²) in [5, 5.41) is 0. The Morgan fingerprint density at radius 3 is 2.95 bits per heavy atom. The van der Waals surface area contributed by atoms with Gasteiger partial charge < -0.3 is 9.30 Å². The van der Waals surface area contributed by atoms with Gasteiger partial charge in [0.2, 0.25) is 0 Å². The van der Waals surface area contributed by atoms with E-state index in [1.807, 2.05) is 11.5 Å². The average molecular weight is 315 g/mol. The summed E-state index contributed by atoms with van der Waals surface area (Å²) in [5.41, 5.74) is 0.724. The highest BCUT2D eigenvalue weighted by molar-refractivity contribution is 6.17. The minimum atomic E-state index is -0.846. The number of imidazole rings is 1. The van der Waals surface area contributed by atoms with E-state index in [-0.39, 0.29) is 17.7 Å². The highest BCUT2D eigenvalue weighted by Crippen LogP contribution is 2.32. The largest absolute Gasteiger partial charge is 0.378 e. The van der Waals surface area contributed by atoms with Crippen LogP contribution in [0, 0.1) is 11.6 Å². The minimum absolute atomic E-state index is 0.0632. The topological polar surface area (TPSA) is 27.1 Å². The van der Waals surface area contributed by atoms with Crippen molar-refractivity contribution >= 4 is 22.6 Å². The molecule has 1 saturated heterocycles. The second-order valence-corrected chi connectivity index (χ2v) is 5.80. The first kappa shape index (κ1) is 14.7. The summed E-state index contributed by atoms with van der Waals surface area (Å²) in [6.45, 7) is 2.60. The van der Waals surface area contributed by atoms with Crippen LogP contribution >= 0.6 is 11.6 Å². The third kappa shape index (κ3) is 2.64. The molecule has 2 heterocycles. The van der Waals surface area contributed by atoms with Crippen molar-refractivity contribution < 1.29 is 13.5 Å². The van der Waals surface area contributed by atoms with Gasteiger partial charge in [0.15, 0.2) is 11.6 Å². The van der Waals surface area contributed by atoms with Crippen LogP contribution in [0.1, 0.15) is 31.6 Å². The minimum Gasteiger partial charge on any atom is -0.378 e. The molecule has 1 aromatic heterocycles. The van der Waals surface area contributed by atoms with Gasteiger partial charge in [-0.15, -0.1) is 11.6 Å². The molecule has 1 fully saturated rings. The van der Waals surface area contributed by atoms with Crippen LogP contribution in [-0.2, 0) is 11.2 Å². The fourth-order valence-electron chi connectivity index (χ4n) is 3.03. The SMILES string of the molecule is CC1CC(n2c(CCCl)nc3ccc(F)c(F)c32)CCO1. The molecule has 114 valence electrons. The van der Waals surface area contributed by atoms with Gasteiger partial charge in [-0.05, 0) is 31.9 Å². The van der Waals surface area contributed by atoms with Crippen LogP contribution in [0.3, 0.4) is 0 Å². The predicted octanol–water partition coefficient (Wildman–Crippen LogP) is 3.84. The van der Waals surface area contributed by atoms with Crippen LogP contribution in [0.25, 0.3) is 11.0 Å². The van der Waals surface area contributed by atoms with Gasteiger partial charge in [-0.3, -0.25) is 0 Å². The average Bonchev–Trinajstić information content (AvgIpc) is 2.82. The van der Waals surface area contributed by atoms with Crippen LogP contribution in [0.2, 0.25) is 0 Å². The quantitative estimate of drug-likeness (QED) is 0.805. The number of fused-ring (bicyclic) bond motifs is 1. The third-order valence-electron chi connectivity index (χ3n) is 3.96. The second kappa shape index (κ2) is 5.89. The van der Waals surface area contributed by atoms with Crippen molar-refractivity contribution in [2.45, 2.75) is 38.3 Å². The molecule has 1 aliphatic rings. The monoisotopic (exact) mass is 314 g/mol. The summed E-state index contributed by atoms with van der Waals surface area (Å²) in [4.78, 5) is 4.44. The van der Waals surface area contributed by atoms with E-state index in [0.717, 1.165) is 18.9 Å². The van der Waals surface area contributed by atoms with E-state index < -0.39 is 11.6 Å². The molecule has 21 heavy (non-hydrogen) atoms. The van der Waals surface area contributed by atoms with Gasteiger partial charge in [0.05, 0.1) is 11.6 Å². The zero-order valence-corrected chi connectivity index (χ0v) is 12.5. The second-order valence-electron chi connectivity index (χ2n) is 5.43. The summed E-state index contributed by atoms with van der Waals surface area (Å²) in [5.74, 6) is -0.573. The molecule has 1 aromatic carbocycles. The molecule has 2 atom stereocenters. The fraction of sp³-hybridized carbons (Fsp3) is 0.533. The summed E-state index contributed by atoms with van der Waals surface area (Å²) in [6, 6.07) is 2.70. The lowest BCUT2D eigenvalue weighted by atomic mass is 10.0. The lowest BCUT2D eigenvalue weighted by Crippen LogP contribution is -2.26. The lowest BCUT2D eigenvalue weighted by molar-refractivity contribution is 0.00616. The first-order valence-corrected chi connectivity index (χ1v) is 7.67. The lowest BCUT2D eigenvalue weighted by Gasteiger charge is -2.30. The van der Waals surface area contributed by atoms with Crippen molar-refractivity contribution in [1.82, 2.24) is 9.55 Å². The summed E-state index contributed by atoms with van der Waals surface area (Å²) < 4.78 is 35.2. The maximum absolute atomic E-state index is 14.3. The number of benzene rings is 1. The van der Waals surface area contributed by atoms with Crippen LogP contribution in [0.15, 0.2) is 12.1 Å². The molecule has 0 spiro atoms. The summed E-state index contributed by atoms with van der Waals surface area (Å²) in [6.07, 6.45) is 2.16. The van der Waals surface area contributed by atoms with E-state index in [2.05, 4.69) is 4.98 Å². The maximum Gasteiger partial charge on any atom is 0.184 e. The molecule has 0 aliphatic carbocycles. The smallest absolute Gasteiger partial charge is 0.184 e. The molecule has 0 bridgehead atoms. The fourth-order valence-corrected chi connectivity index (χ4v) is 3.20. The molecule has 2 aromatic rings. The van der Waals surface area contributed by atoms with E-state index in [9.17, 15) is 8.78 Å². The Balaban J connectivity index is 2.17. The number of aryl methyl sites for hydroxylation is 1. The maximum atomic E-state index is 14.3. The Bertz CT molecular complexity index is 659. The molecule has 3 rings (SSSR count). The molecule has 0 amide bonds. The highest BCUT2D eigenvalue weighted by Gasteiger charge is 2.27. The van der Waals surface area contributed by atoms with Gasteiger partial charge in [-0.1, -0.05) is 0 Å². The van der Waals surface area contributed by atoms with Crippen molar-refractivity contribution in [3.8, 4) is 0 Å². The number of aromatic nitrogens is 2. The van der Waals surface area contributed by atoms with E-state index in [1.165, 1.54) is 6.07 Å². The molecular weight excluding hydrogens is 298 g/mol. The molecule has 6 heteroatoms. The predicted molar refractivity (Wildman–Crippen MR) is 77.8 cm³/mol. The van der Waals surface area contributed by atoms with Crippen molar-refractivity contribution in [3.05, 3.63) is 29.6 Å². The summed E-state index contributed by atoms with van der Waals surface area (Å²) in [7, 11) is 0. The van der Waals surface area contributed by atoms with Crippen molar-refractivity contribution in [2.75, 3.05) is 12.5 Å². The van der Waals surface area contributed by atoms with Gasteiger partial charge in [0, 0.05) is 24.9 Å². The number of hydrogen-bond donors (Lipinski definition) is 0. The van der Waals surface area contributed by atoms with Gasteiger partial charge in [-0.25, -0.2) is 13.8 Å². The number of hydrogen-bond acceptors (Lipinski definition) is 2. The Morgan fingerprint density at radius 2 is 2.24 bits per heavy atom. The molecular formula is C15H17ClF2N2O. The van der Waals surface area contributed by atoms with E-state index in [1.54, 1.807) is 0 Å². The van der Waals surface area contributed by atoms with Gasteiger partial charge in [0.1, 0.15) is 11.3 Å². The van der Waals surface area contributed by atoms with E-state index in [0.29, 0.717) is 30.2 Å². The van der Waals surface area contributed by atoms with E-state index in [4.69, 9.17) is 16.3 Å². The van der Waals surface area contributed by atoms with Crippen molar-refractivity contribution in [3.63, 3.8) is 0 Å². The Hall–Kier alpha value is -1.20. The third-order valence-corrected chi connectivity index (χ3v) is 4.15. The Kier molecular flexibility index (Phi) is 4.13. The van der Waals surface area contributed by atoms with Crippen molar-refractivity contribution in [1.29, 1.82) is 0 Å². The standard InChI is InChI=1S/C15H17ClF2N2O/c1-9-8-10(5-7-21-9)20-13(4-6-16)19-12-3-2-11(17)14(18)15(12)20/h2-3,9-10H,4-8H2,1H3. The molecule has 3 nitrogen and oxygen atoms in total. The number of halogens is 3. The highest BCUT2D eigenvalue weighted by atomic mass is 35.5. The normalized spacial score (nSPS) is 22.9. The molecule has 1 aliphatic heterocycles. The molecule has 0 N–H and O–H groups in total. The summed E-state index contributed by atoms with van der Waals surface area (Å²) >= 11 is 5.83. The number of nitrogens with zero attached hydrogens (tertiary/aromatic N) is 2. The van der Waals surface area contributed by atoms with E-state index >= 15 is 0 Å². The Morgan fingerprint density at radius 1 is 1.43 bits per heavy atom. The number of ether oxygens (including phenoxy) is 1. The number of rotatable bonds is 3. The van der Waals surface area contributed by atoms with Gasteiger partial charge in [0.25, 0.3) is 0 Å². The van der Waals surface area contributed by atoms with Crippen LogP contribution < -0.4 is 0 Å². The van der Waals surface area contributed by atoms with Crippen LogP contribution in [0.4, 0.5) is 8.78 Å². The van der Waals surface area contributed by atoms with Crippen molar-refractivity contribution in [2.24, 2.45) is 0 Å². The zero-order chi connectivity index (χ0) is 15.0. The van der Waals surface area contributed by atoms with Gasteiger partial charge >= 0.3 is 0 Å².